The Morgan fingerprint density at radius 2 is 1.65 bits per heavy atom. The molecule has 34 heavy (non-hydrogen) atoms. The maximum absolute atomic E-state index is 12.9. The van der Waals surface area contributed by atoms with E-state index < -0.39 is 40.3 Å². The van der Waals surface area contributed by atoms with Crippen molar-refractivity contribution in [3.63, 3.8) is 0 Å². The van der Waals surface area contributed by atoms with Crippen LogP contribution in [-0.2, 0) is 31.0 Å². The Morgan fingerprint density at radius 1 is 0.971 bits per heavy atom. The summed E-state index contributed by atoms with van der Waals surface area (Å²) >= 11 is 0. The predicted molar refractivity (Wildman–Crippen MR) is 113 cm³/mol. The van der Waals surface area contributed by atoms with Crippen molar-refractivity contribution in [2.24, 2.45) is 0 Å². The standard InChI is InChI=1S/C21H19N5O7S/c22-12-15-4-1-2-6-17(15)34(31,32)24-9-7-23(8-10-24)18(27)14-26-20(29)19(28)25(21(26)30)13-16-5-3-11-33-16/h1-6,11H,7-10,13-14H2. The van der Waals surface area contributed by atoms with Gasteiger partial charge in [0.1, 0.15) is 18.4 Å². The second-order valence-corrected chi connectivity index (χ2v) is 9.44. The monoisotopic (exact) mass is 485 g/mol. The molecule has 2 aliphatic rings. The molecule has 12 nitrogen and oxygen atoms in total. The molecule has 1 aromatic heterocycles. The number of carbonyl (C=O) groups excluding carboxylic acids is 4. The highest BCUT2D eigenvalue weighted by molar-refractivity contribution is 7.89. The van der Waals surface area contributed by atoms with Crippen molar-refractivity contribution in [3.05, 3.63) is 54.0 Å². The Morgan fingerprint density at radius 3 is 2.29 bits per heavy atom. The van der Waals surface area contributed by atoms with E-state index in [1.54, 1.807) is 18.2 Å². The summed E-state index contributed by atoms with van der Waals surface area (Å²) in [6.07, 6.45) is 1.36. The topological polar surface area (TPSA) is 152 Å². The first kappa shape index (κ1) is 23.1. The molecule has 0 aliphatic carbocycles. The van der Waals surface area contributed by atoms with Crippen LogP contribution in [0.4, 0.5) is 4.79 Å². The number of carbonyl (C=O) groups is 4. The number of urea groups is 1. The fraction of sp³-hybridized carbons (Fsp3) is 0.286. The molecule has 1 aromatic carbocycles. The van der Waals surface area contributed by atoms with Crippen molar-refractivity contribution in [2.75, 3.05) is 32.7 Å². The molecule has 2 fully saturated rings. The number of piperazine rings is 1. The van der Waals surface area contributed by atoms with E-state index in [2.05, 4.69) is 0 Å². The summed E-state index contributed by atoms with van der Waals surface area (Å²) in [6, 6.07) is 9.90. The highest BCUT2D eigenvalue weighted by Gasteiger charge is 2.46. The van der Waals surface area contributed by atoms with Gasteiger partial charge < -0.3 is 9.32 Å². The number of furan rings is 1. The van der Waals surface area contributed by atoms with Crippen LogP contribution in [0.1, 0.15) is 11.3 Å². The summed E-state index contributed by atoms with van der Waals surface area (Å²) in [5.74, 6) is -2.46. The number of hydrogen-bond donors (Lipinski definition) is 0. The van der Waals surface area contributed by atoms with Crippen LogP contribution < -0.4 is 0 Å². The summed E-state index contributed by atoms with van der Waals surface area (Å²) < 4.78 is 32.1. The maximum Gasteiger partial charge on any atom is 0.335 e. The first-order valence-corrected chi connectivity index (χ1v) is 11.6. The molecule has 0 atom stereocenters. The molecule has 0 unspecified atom stereocenters. The van der Waals surface area contributed by atoms with Gasteiger partial charge in [0.15, 0.2) is 0 Å². The number of nitrogens with zero attached hydrogens (tertiary/aromatic N) is 5. The first-order valence-electron chi connectivity index (χ1n) is 10.2. The molecule has 2 aliphatic heterocycles. The molecule has 4 rings (SSSR count). The van der Waals surface area contributed by atoms with Crippen molar-refractivity contribution in [2.45, 2.75) is 11.4 Å². The predicted octanol–water partition coefficient (Wildman–Crippen LogP) is -0.0248. The lowest BCUT2D eigenvalue weighted by molar-refractivity contribution is -0.145. The van der Waals surface area contributed by atoms with E-state index in [0.717, 1.165) is 0 Å². The van der Waals surface area contributed by atoms with Crippen LogP contribution in [0.3, 0.4) is 0 Å². The average molecular weight is 485 g/mol. The van der Waals surface area contributed by atoms with Gasteiger partial charge >= 0.3 is 17.8 Å². The zero-order valence-corrected chi connectivity index (χ0v) is 18.6. The minimum Gasteiger partial charge on any atom is -0.467 e. The molecule has 0 N–H and O–H groups in total. The van der Waals surface area contributed by atoms with Gasteiger partial charge in [-0.2, -0.15) is 9.57 Å². The molecule has 13 heteroatoms. The van der Waals surface area contributed by atoms with Gasteiger partial charge in [-0.1, -0.05) is 12.1 Å². The molecule has 5 amide bonds. The van der Waals surface area contributed by atoms with Gasteiger partial charge in [-0.05, 0) is 24.3 Å². The third-order valence-electron chi connectivity index (χ3n) is 5.54. The van der Waals surface area contributed by atoms with Crippen molar-refractivity contribution >= 4 is 33.8 Å². The fourth-order valence-corrected chi connectivity index (χ4v) is 5.29. The van der Waals surface area contributed by atoms with Gasteiger partial charge in [0, 0.05) is 26.2 Å². The molecule has 0 radical (unpaired) electrons. The van der Waals surface area contributed by atoms with E-state index >= 15 is 0 Å². The van der Waals surface area contributed by atoms with Crippen molar-refractivity contribution in [1.29, 1.82) is 5.26 Å². The number of hydrogen-bond acceptors (Lipinski definition) is 8. The second kappa shape index (κ2) is 9.08. The highest BCUT2D eigenvalue weighted by Crippen LogP contribution is 2.22. The number of sulfonamides is 1. The van der Waals surface area contributed by atoms with Gasteiger partial charge in [-0.15, -0.1) is 0 Å². The summed E-state index contributed by atoms with van der Waals surface area (Å²) in [4.78, 5) is 52.2. The smallest absolute Gasteiger partial charge is 0.335 e. The molecular weight excluding hydrogens is 466 g/mol. The Balaban J connectivity index is 1.38. The summed E-state index contributed by atoms with van der Waals surface area (Å²) in [5, 5.41) is 9.20. The number of rotatable bonds is 6. The number of imide groups is 2. The van der Waals surface area contributed by atoms with E-state index in [9.17, 15) is 32.9 Å². The molecule has 0 spiro atoms. The first-order chi connectivity index (χ1) is 16.2. The molecule has 2 saturated heterocycles. The molecule has 0 bridgehead atoms. The Bertz CT molecular complexity index is 1290. The van der Waals surface area contributed by atoms with Crippen LogP contribution in [-0.4, -0.2) is 83.9 Å². The van der Waals surface area contributed by atoms with Crippen LogP contribution in [0.25, 0.3) is 0 Å². The zero-order valence-electron chi connectivity index (χ0n) is 17.8. The lowest BCUT2D eigenvalue weighted by atomic mass is 10.2. The Kier molecular flexibility index (Phi) is 6.18. The van der Waals surface area contributed by atoms with E-state index in [-0.39, 0.29) is 43.2 Å². The van der Waals surface area contributed by atoms with Crippen LogP contribution in [0.15, 0.2) is 52.0 Å². The van der Waals surface area contributed by atoms with E-state index in [0.29, 0.717) is 15.6 Å². The van der Waals surface area contributed by atoms with Gasteiger partial charge in [0.2, 0.25) is 15.9 Å². The highest BCUT2D eigenvalue weighted by atomic mass is 32.2. The third kappa shape index (κ3) is 4.16. The van der Waals surface area contributed by atoms with Crippen molar-refractivity contribution in [3.8, 4) is 6.07 Å². The van der Waals surface area contributed by atoms with Crippen molar-refractivity contribution in [1.82, 2.24) is 19.0 Å². The van der Waals surface area contributed by atoms with Crippen LogP contribution in [0, 0.1) is 11.3 Å². The average Bonchev–Trinajstić information content (AvgIpc) is 3.43. The van der Waals surface area contributed by atoms with Gasteiger partial charge in [0.05, 0.1) is 23.3 Å². The molecule has 0 saturated carbocycles. The molecule has 176 valence electrons. The van der Waals surface area contributed by atoms with Crippen molar-refractivity contribution < 1.29 is 32.0 Å². The Hall–Kier alpha value is -4.02. The van der Waals surface area contributed by atoms with E-state index in [4.69, 9.17) is 4.42 Å². The number of nitriles is 1. The fourth-order valence-electron chi connectivity index (χ4n) is 3.72. The summed E-state index contributed by atoms with van der Waals surface area (Å²) in [5.41, 5.74) is 0.0239. The minimum atomic E-state index is -3.94. The molecule has 2 aromatic rings. The molecule has 3 heterocycles. The summed E-state index contributed by atoms with van der Waals surface area (Å²) in [7, 11) is -3.94. The lowest BCUT2D eigenvalue weighted by Crippen LogP contribution is -2.53. The number of benzene rings is 1. The van der Waals surface area contributed by atoms with Gasteiger partial charge in [0.25, 0.3) is 0 Å². The van der Waals surface area contributed by atoms with E-state index in [1.807, 2.05) is 6.07 Å². The normalized spacial score (nSPS) is 17.4. The van der Waals surface area contributed by atoms with Gasteiger partial charge in [-0.3, -0.25) is 14.4 Å². The second-order valence-electron chi connectivity index (χ2n) is 7.54. The van der Waals surface area contributed by atoms with Crippen LogP contribution in [0.2, 0.25) is 0 Å². The van der Waals surface area contributed by atoms with Crippen LogP contribution in [0.5, 0.6) is 0 Å². The van der Waals surface area contributed by atoms with Crippen LogP contribution >= 0.6 is 0 Å². The van der Waals surface area contributed by atoms with E-state index in [1.165, 1.54) is 33.7 Å². The Labute approximate surface area is 194 Å². The number of amides is 5. The minimum absolute atomic E-state index is 0.0209. The quantitative estimate of drug-likeness (QED) is 0.409. The third-order valence-corrected chi connectivity index (χ3v) is 7.50. The lowest BCUT2D eigenvalue weighted by Gasteiger charge is -2.34. The molecular formula is C21H19N5O7S. The largest absolute Gasteiger partial charge is 0.467 e. The maximum atomic E-state index is 12.9. The van der Waals surface area contributed by atoms with Gasteiger partial charge in [-0.25, -0.2) is 23.0 Å². The zero-order chi connectivity index (χ0) is 24.5. The summed E-state index contributed by atoms with van der Waals surface area (Å²) in [6.45, 7) is -0.886. The SMILES string of the molecule is N#Cc1ccccc1S(=O)(=O)N1CCN(C(=O)CN2C(=O)C(=O)N(Cc3ccco3)C2=O)CC1.